The molecular formula is C10H13N3O4S. The van der Waals surface area contributed by atoms with Gasteiger partial charge in [0.05, 0.1) is 11.3 Å². The Morgan fingerprint density at radius 3 is 2.61 bits per heavy atom. The number of aryl methyl sites for hydroxylation is 2. The molecule has 1 heterocycles. The van der Waals surface area contributed by atoms with Gasteiger partial charge in [-0.15, -0.1) is 11.8 Å². The molecule has 1 aromatic rings. The molecule has 0 aliphatic rings. The number of hydrogen-bond acceptors (Lipinski definition) is 6. The minimum Gasteiger partial charge on any atom is -0.479 e. The molecule has 7 nitrogen and oxygen atoms in total. The summed E-state index contributed by atoms with van der Waals surface area (Å²) in [7, 11) is 0. The van der Waals surface area contributed by atoms with Gasteiger partial charge in [-0.2, -0.15) is 0 Å². The molecule has 0 unspecified atom stereocenters. The first-order valence-electron chi connectivity index (χ1n) is 4.99. The molecule has 0 radical (unpaired) electrons. The predicted octanol–water partition coefficient (Wildman–Crippen LogP) is 0.561. The van der Waals surface area contributed by atoms with Crippen LogP contribution in [-0.4, -0.2) is 39.8 Å². The zero-order valence-electron chi connectivity index (χ0n) is 10.2. The topological polar surface area (TPSA) is 101 Å². The molecule has 98 valence electrons. The molecule has 0 aromatic carbocycles. The number of aliphatic carboxylic acids is 1. The van der Waals surface area contributed by atoms with E-state index in [0.717, 1.165) is 0 Å². The van der Waals surface area contributed by atoms with Crippen molar-refractivity contribution in [1.29, 1.82) is 0 Å². The van der Waals surface area contributed by atoms with E-state index in [1.165, 1.54) is 11.8 Å². The van der Waals surface area contributed by atoms with Gasteiger partial charge in [-0.05, 0) is 20.1 Å². The summed E-state index contributed by atoms with van der Waals surface area (Å²) < 4.78 is 0. The van der Waals surface area contributed by atoms with Crippen LogP contribution in [0.1, 0.15) is 21.9 Å². The fraction of sp³-hybridized carbons (Fsp3) is 0.400. The molecule has 0 aliphatic carbocycles. The van der Waals surface area contributed by atoms with Crippen LogP contribution in [0.25, 0.3) is 0 Å². The number of carbonyl (C=O) groups is 2. The largest absolute Gasteiger partial charge is 0.479 e. The highest BCUT2D eigenvalue weighted by Crippen LogP contribution is 2.20. The standard InChI is InChI=1S/C10H13N3O4S/c1-5-8(9(16)13-17-4-7(14)15)10(18-3)12-6(2)11-5/h4H2,1-3H3,(H,13,16)(H,14,15). The number of hydrogen-bond donors (Lipinski definition) is 2. The Bertz CT molecular complexity index is 478. The Balaban J connectivity index is 2.88. The van der Waals surface area contributed by atoms with Gasteiger partial charge >= 0.3 is 5.97 Å². The van der Waals surface area contributed by atoms with Gasteiger partial charge in [-0.3, -0.25) is 9.63 Å². The zero-order valence-corrected chi connectivity index (χ0v) is 11.0. The average Bonchev–Trinajstić information content (AvgIpc) is 2.26. The maximum Gasteiger partial charge on any atom is 0.332 e. The number of amides is 1. The van der Waals surface area contributed by atoms with Crippen molar-refractivity contribution in [3.63, 3.8) is 0 Å². The van der Waals surface area contributed by atoms with E-state index in [0.29, 0.717) is 22.1 Å². The van der Waals surface area contributed by atoms with Gasteiger partial charge in [-0.25, -0.2) is 20.2 Å². The summed E-state index contributed by atoms with van der Waals surface area (Å²) in [5.74, 6) is -1.16. The van der Waals surface area contributed by atoms with E-state index in [1.807, 2.05) is 0 Å². The van der Waals surface area contributed by atoms with Crippen molar-refractivity contribution in [3.05, 3.63) is 17.1 Å². The van der Waals surface area contributed by atoms with Crippen LogP contribution >= 0.6 is 11.8 Å². The maximum atomic E-state index is 11.8. The molecule has 0 aliphatic heterocycles. The van der Waals surface area contributed by atoms with Crippen molar-refractivity contribution in [3.8, 4) is 0 Å². The third-order valence-corrected chi connectivity index (χ3v) is 2.63. The summed E-state index contributed by atoms with van der Waals surface area (Å²) in [5, 5.41) is 8.91. The van der Waals surface area contributed by atoms with E-state index in [1.54, 1.807) is 20.1 Å². The zero-order chi connectivity index (χ0) is 13.7. The summed E-state index contributed by atoms with van der Waals surface area (Å²) in [5.41, 5.74) is 2.86. The number of nitrogens with zero attached hydrogens (tertiary/aromatic N) is 2. The van der Waals surface area contributed by atoms with E-state index in [2.05, 4.69) is 20.3 Å². The minimum absolute atomic E-state index is 0.290. The molecule has 0 atom stereocenters. The summed E-state index contributed by atoms with van der Waals surface area (Å²) in [6.07, 6.45) is 1.79. The quantitative estimate of drug-likeness (QED) is 0.458. The van der Waals surface area contributed by atoms with Crippen molar-refractivity contribution < 1.29 is 19.5 Å². The van der Waals surface area contributed by atoms with Gasteiger partial charge in [0.2, 0.25) is 0 Å². The van der Waals surface area contributed by atoms with Crippen LogP contribution in [0.2, 0.25) is 0 Å². The highest BCUT2D eigenvalue weighted by molar-refractivity contribution is 7.98. The van der Waals surface area contributed by atoms with E-state index in [9.17, 15) is 9.59 Å². The lowest BCUT2D eigenvalue weighted by molar-refractivity contribution is -0.144. The average molecular weight is 271 g/mol. The second-order valence-electron chi connectivity index (χ2n) is 3.35. The highest BCUT2D eigenvalue weighted by atomic mass is 32.2. The van der Waals surface area contributed by atoms with Gasteiger partial charge in [-0.1, -0.05) is 0 Å². The predicted molar refractivity (Wildman–Crippen MR) is 64.3 cm³/mol. The van der Waals surface area contributed by atoms with Crippen molar-refractivity contribution >= 4 is 23.6 Å². The minimum atomic E-state index is -1.17. The summed E-state index contributed by atoms with van der Waals surface area (Å²) >= 11 is 1.31. The van der Waals surface area contributed by atoms with Crippen molar-refractivity contribution in [2.45, 2.75) is 18.9 Å². The van der Waals surface area contributed by atoms with Crippen molar-refractivity contribution in [2.75, 3.05) is 12.9 Å². The summed E-state index contributed by atoms with van der Waals surface area (Å²) in [4.78, 5) is 34.8. The van der Waals surface area contributed by atoms with Gasteiger partial charge in [0.25, 0.3) is 5.91 Å². The first-order valence-corrected chi connectivity index (χ1v) is 6.21. The summed E-state index contributed by atoms with van der Waals surface area (Å²) in [6, 6.07) is 0. The monoisotopic (exact) mass is 271 g/mol. The fourth-order valence-corrected chi connectivity index (χ4v) is 1.97. The molecular weight excluding hydrogens is 258 g/mol. The molecule has 8 heteroatoms. The number of aromatic nitrogens is 2. The van der Waals surface area contributed by atoms with Gasteiger partial charge in [0.15, 0.2) is 6.61 Å². The van der Waals surface area contributed by atoms with E-state index >= 15 is 0 Å². The molecule has 1 amide bonds. The molecule has 0 bridgehead atoms. The van der Waals surface area contributed by atoms with Crippen LogP contribution in [0.3, 0.4) is 0 Å². The third kappa shape index (κ3) is 3.67. The van der Waals surface area contributed by atoms with E-state index in [4.69, 9.17) is 5.11 Å². The van der Waals surface area contributed by atoms with Crippen molar-refractivity contribution in [2.24, 2.45) is 0 Å². The first-order chi connectivity index (χ1) is 8.45. The molecule has 1 aromatic heterocycles. The van der Waals surface area contributed by atoms with Crippen LogP contribution in [0.15, 0.2) is 5.03 Å². The van der Waals surface area contributed by atoms with E-state index in [-0.39, 0.29) is 0 Å². The lowest BCUT2D eigenvalue weighted by Crippen LogP contribution is -2.28. The molecule has 0 saturated heterocycles. The Morgan fingerprint density at radius 2 is 2.06 bits per heavy atom. The van der Waals surface area contributed by atoms with Crippen LogP contribution in [0.4, 0.5) is 0 Å². The smallest absolute Gasteiger partial charge is 0.332 e. The Morgan fingerprint density at radius 1 is 1.39 bits per heavy atom. The number of nitrogens with one attached hydrogen (secondary N) is 1. The lowest BCUT2D eigenvalue weighted by Gasteiger charge is -2.10. The number of carboxylic acids is 1. The van der Waals surface area contributed by atoms with Gasteiger partial charge in [0.1, 0.15) is 10.9 Å². The number of hydroxylamine groups is 1. The Kier molecular flexibility index (Phi) is 5.05. The second-order valence-corrected chi connectivity index (χ2v) is 4.15. The lowest BCUT2D eigenvalue weighted by atomic mass is 10.2. The fourth-order valence-electron chi connectivity index (χ4n) is 1.30. The highest BCUT2D eigenvalue weighted by Gasteiger charge is 2.17. The number of thioether (sulfide) groups is 1. The number of carboxylic acid groups (broad SMARTS) is 1. The van der Waals surface area contributed by atoms with Crippen LogP contribution < -0.4 is 5.48 Å². The molecule has 2 N–H and O–H groups in total. The maximum absolute atomic E-state index is 11.8. The first kappa shape index (κ1) is 14.4. The van der Waals surface area contributed by atoms with E-state index < -0.39 is 18.5 Å². The molecule has 0 spiro atoms. The normalized spacial score (nSPS) is 10.2. The number of carbonyl (C=O) groups excluding carboxylic acids is 1. The molecule has 1 rings (SSSR count). The molecule has 0 fully saturated rings. The SMILES string of the molecule is CSc1nc(C)nc(C)c1C(=O)NOCC(=O)O. The molecule has 0 saturated carbocycles. The van der Waals surface area contributed by atoms with Crippen LogP contribution in [-0.2, 0) is 9.63 Å². The van der Waals surface area contributed by atoms with Crippen LogP contribution in [0.5, 0.6) is 0 Å². The summed E-state index contributed by atoms with van der Waals surface area (Å²) in [6.45, 7) is 2.81. The van der Waals surface area contributed by atoms with Crippen molar-refractivity contribution in [1.82, 2.24) is 15.4 Å². The second kappa shape index (κ2) is 6.31. The number of rotatable bonds is 5. The Hall–Kier alpha value is -1.67. The van der Waals surface area contributed by atoms with Gasteiger partial charge in [0, 0.05) is 0 Å². The Labute approximate surface area is 108 Å². The third-order valence-electron chi connectivity index (χ3n) is 1.95. The van der Waals surface area contributed by atoms with Crippen LogP contribution in [0, 0.1) is 13.8 Å². The van der Waals surface area contributed by atoms with Gasteiger partial charge < -0.3 is 5.11 Å². The molecule has 18 heavy (non-hydrogen) atoms.